The summed E-state index contributed by atoms with van der Waals surface area (Å²) in [5.74, 6) is -0.0160. The number of nitrogens with zero attached hydrogens (tertiary/aromatic N) is 1. The summed E-state index contributed by atoms with van der Waals surface area (Å²) in [6.45, 7) is 4.79. The lowest BCUT2D eigenvalue weighted by atomic mass is 10.1. The van der Waals surface area contributed by atoms with Gasteiger partial charge in [-0.05, 0) is 25.0 Å². The van der Waals surface area contributed by atoms with Crippen LogP contribution in [0.3, 0.4) is 0 Å². The Morgan fingerprint density at radius 1 is 1.33 bits per heavy atom. The maximum Gasteiger partial charge on any atom is 0.244 e. The van der Waals surface area contributed by atoms with Crippen molar-refractivity contribution in [3.8, 4) is 0 Å². The van der Waals surface area contributed by atoms with Crippen LogP contribution in [-0.4, -0.2) is 48.7 Å². The lowest BCUT2D eigenvalue weighted by Gasteiger charge is -2.33. The molecule has 1 N–H and O–H groups in total. The molecule has 21 heavy (non-hydrogen) atoms. The lowest BCUT2D eigenvalue weighted by molar-refractivity contribution is -0.117. The number of carbonyl (C=O) groups excluding carboxylic acids is 1. The van der Waals surface area contributed by atoms with Gasteiger partial charge in [-0.1, -0.05) is 30.3 Å². The molecule has 2 heterocycles. The van der Waals surface area contributed by atoms with Gasteiger partial charge >= 0.3 is 0 Å². The summed E-state index contributed by atoms with van der Waals surface area (Å²) < 4.78 is 5.68. The topological polar surface area (TPSA) is 41.6 Å². The van der Waals surface area contributed by atoms with Gasteiger partial charge in [-0.25, -0.2) is 0 Å². The highest BCUT2D eigenvalue weighted by Gasteiger charge is 2.36. The van der Waals surface area contributed by atoms with Crippen LogP contribution in [0.4, 0.5) is 0 Å². The van der Waals surface area contributed by atoms with E-state index in [9.17, 15) is 4.79 Å². The zero-order chi connectivity index (χ0) is 14.7. The van der Waals surface area contributed by atoms with Gasteiger partial charge in [-0.2, -0.15) is 0 Å². The molecule has 3 atom stereocenters. The fourth-order valence-electron chi connectivity index (χ4n) is 3.13. The minimum atomic E-state index is -0.0160. The zero-order valence-electron chi connectivity index (χ0n) is 12.4. The van der Waals surface area contributed by atoms with Crippen LogP contribution < -0.4 is 5.32 Å². The first-order valence-electron chi connectivity index (χ1n) is 7.60. The van der Waals surface area contributed by atoms with Crippen molar-refractivity contribution in [2.24, 2.45) is 0 Å². The van der Waals surface area contributed by atoms with Crippen LogP contribution in [-0.2, 0) is 9.53 Å². The molecule has 3 rings (SSSR count). The SMILES string of the molecule is C[C@H]1CN2C[C@H](NC(=O)/C=C/c3ccccc3)C[C@H]2CO1. The van der Waals surface area contributed by atoms with Gasteiger partial charge in [0.2, 0.25) is 5.91 Å². The summed E-state index contributed by atoms with van der Waals surface area (Å²) in [6, 6.07) is 10.6. The number of rotatable bonds is 3. The fourth-order valence-corrected chi connectivity index (χ4v) is 3.13. The van der Waals surface area contributed by atoms with Crippen molar-refractivity contribution in [1.29, 1.82) is 0 Å². The molecule has 2 fully saturated rings. The van der Waals surface area contributed by atoms with Crippen LogP contribution in [0.15, 0.2) is 36.4 Å². The summed E-state index contributed by atoms with van der Waals surface area (Å²) in [5.41, 5.74) is 1.04. The first-order valence-corrected chi connectivity index (χ1v) is 7.60. The van der Waals surface area contributed by atoms with Crippen molar-refractivity contribution in [2.45, 2.75) is 31.5 Å². The summed E-state index contributed by atoms with van der Waals surface area (Å²) in [4.78, 5) is 14.4. The predicted molar refractivity (Wildman–Crippen MR) is 82.8 cm³/mol. The second kappa shape index (κ2) is 6.41. The van der Waals surface area contributed by atoms with Gasteiger partial charge in [0.1, 0.15) is 0 Å². The minimum Gasteiger partial charge on any atom is -0.376 e. The van der Waals surface area contributed by atoms with E-state index in [0.717, 1.165) is 31.7 Å². The minimum absolute atomic E-state index is 0.0160. The number of benzene rings is 1. The standard InChI is InChI=1S/C17H22N2O2/c1-13-10-19-11-15(9-16(19)12-21-13)18-17(20)8-7-14-5-3-2-4-6-14/h2-8,13,15-16H,9-12H2,1H3,(H,18,20)/b8-7+/t13-,15+,16-/m0/s1. The summed E-state index contributed by atoms with van der Waals surface area (Å²) in [5, 5.41) is 3.10. The number of fused-ring (bicyclic) bond motifs is 1. The molecule has 1 amide bonds. The number of hydrogen-bond acceptors (Lipinski definition) is 3. The molecule has 2 aliphatic heterocycles. The summed E-state index contributed by atoms with van der Waals surface area (Å²) >= 11 is 0. The van der Waals surface area contributed by atoms with Crippen molar-refractivity contribution in [2.75, 3.05) is 19.7 Å². The largest absolute Gasteiger partial charge is 0.376 e. The maximum atomic E-state index is 12.0. The van der Waals surface area contributed by atoms with Gasteiger partial charge in [0.05, 0.1) is 12.7 Å². The third-order valence-corrected chi connectivity index (χ3v) is 4.17. The molecule has 0 radical (unpaired) electrons. The van der Waals surface area contributed by atoms with Gasteiger partial charge in [-0.15, -0.1) is 0 Å². The monoisotopic (exact) mass is 286 g/mol. The molecule has 4 heteroatoms. The van der Waals surface area contributed by atoms with E-state index >= 15 is 0 Å². The van der Waals surface area contributed by atoms with E-state index in [1.807, 2.05) is 36.4 Å². The molecule has 0 aliphatic carbocycles. The molecular weight excluding hydrogens is 264 g/mol. The van der Waals surface area contributed by atoms with Crippen LogP contribution >= 0.6 is 0 Å². The molecule has 0 spiro atoms. The van der Waals surface area contributed by atoms with Crippen LogP contribution in [0.5, 0.6) is 0 Å². The van der Waals surface area contributed by atoms with Gasteiger partial charge in [0.25, 0.3) is 0 Å². The number of nitrogens with one attached hydrogen (secondary N) is 1. The Labute approximate surface area is 125 Å². The molecule has 4 nitrogen and oxygen atoms in total. The van der Waals surface area contributed by atoms with Crippen LogP contribution in [0, 0.1) is 0 Å². The summed E-state index contributed by atoms with van der Waals surface area (Å²) in [7, 11) is 0. The average molecular weight is 286 g/mol. The van der Waals surface area contributed by atoms with Crippen molar-refractivity contribution < 1.29 is 9.53 Å². The van der Waals surface area contributed by atoms with Crippen molar-refractivity contribution >= 4 is 12.0 Å². The second-order valence-electron chi connectivity index (χ2n) is 5.94. The van der Waals surface area contributed by atoms with Gasteiger partial charge < -0.3 is 10.1 Å². The van der Waals surface area contributed by atoms with Gasteiger partial charge in [-0.3, -0.25) is 9.69 Å². The Bertz CT molecular complexity index is 515. The number of amides is 1. The highest BCUT2D eigenvalue weighted by molar-refractivity contribution is 5.91. The molecule has 2 aliphatic rings. The normalized spacial score (nSPS) is 29.5. The van der Waals surface area contributed by atoms with Gasteiger partial charge in [0, 0.05) is 31.2 Å². The first kappa shape index (κ1) is 14.3. The van der Waals surface area contributed by atoms with E-state index < -0.39 is 0 Å². The van der Waals surface area contributed by atoms with E-state index in [2.05, 4.69) is 17.1 Å². The fraction of sp³-hybridized carbons (Fsp3) is 0.471. The number of carbonyl (C=O) groups is 1. The Hall–Kier alpha value is -1.65. The van der Waals surface area contributed by atoms with Crippen molar-refractivity contribution in [3.63, 3.8) is 0 Å². The highest BCUT2D eigenvalue weighted by Crippen LogP contribution is 2.23. The molecule has 1 aromatic rings. The molecular formula is C17H22N2O2. The van der Waals surface area contributed by atoms with Crippen molar-refractivity contribution in [3.05, 3.63) is 42.0 Å². The zero-order valence-corrected chi connectivity index (χ0v) is 12.4. The van der Waals surface area contributed by atoms with Gasteiger partial charge in [0.15, 0.2) is 0 Å². The molecule has 0 unspecified atom stereocenters. The molecule has 0 saturated carbocycles. The first-order chi connectivity index (χ1) is 10.2. The molecule has 112 valence electrons. The van der Waals surface area contributed by atoms with E-state index in [1.54, 1.807) is 6.08 Å². The second-order valence-corrected chi connectivity index (χ2v) is 5.94. The molecule has 1 aromatic carbocycles. The quantitative estimate of drug-likeness (QED) is 0.860. The third kappa shape index (κ3) is 3.71. The van der Waals surface area contributed by atoms with E-state index in [-0.39, 0.29) is 11.9 Å². The van der Waals surface area contributed by atoms with Crippen LogP contribution in [0.2, 0.25) is 0 Å². The average Bonchev–Trinajstić information content (AvgIpc) is 2.87. The smallest absolute Gasteiger partial charge is 0.244 e. The Morgan fingerprint density at radius 2 is 2.14 bits per heavy atom. The summed E-state index contributed by atoms with van der Waals surface area (Å²) in [6.07, 6.45) is 4.75. The number of morpholine rings is 1. The molecule has 0 aromatic heterocycles. The maximum absolute atomic E-state index is 12.0. The number of ether oxygens (including phenoxy) is 1. The van der Waals surface area contributed by atoms with E-state index in [1.165, 1.54) is 0 Å². The number of hydrogen-bond donors (Lipinski definition) is 1. The molecule has 0 bridgehead atoms. The Kier molecular flexibility index (Phi) is 4.36. The lowest BCUT2D eigenvalue weighted by Crippen LogP contribution is -2.45. The van der Waals surface area contributed by atoms with E-state index in [0.29, 0.717) is 12.1 Å². The van der Waals surface area contributed by atoms with Crippen LogP contribution in [0.25, 0.3) is 6.08 Å². The third-order valence-electron chi connectivity index (χ3n) is 4.17. The molecule has 2 saturated heterocycles. The van der Waals surface area contributed by atoms with E-state index in [4.69, 9.17) is 4.74 Å². The Morgan fingerprint density at radius 3 is 2.95 bits per heavy atom. The Balaban J connectivity index is 1.51. The van der Waals surface area contributed by atoms with Crippen molar-refractivity contribution in [1.82, 2.24) is 10.2 Å². The van der Waals surface area contributed by atoms with Crippen LogP contribution in [0.1, 0.15) is 18.9 Å². The highest BCUT2D eigenvalue weighted by atomic mass is 16.5. The predicted octanol–water partition coefficient (Wildman–Crippen LogP) is 1.68.